The molecule has 1 aromatic carbocycles. The molecule has 29 heavy (non-hydrogen) atoms. The van der Waals surface area contributed by atoms with Crippen molar-refractivity contribution in [2.45, 2.75) is 26.2 Å². The number of guanidine groups is 1. The van der Waals surface area contributed by atoms with Gasteiger partial charge in [-0.1, -0.05) is 12.1 Å². The minimum Gasteiger partial charge on any atom is -0.454 e. The van der Waals surface area contributed by atoms with E-state index in [2.05, 4.69) is 20.4 Å². The van der Waals surface area contributed by atoms with Gasteiger partial charge < -0.3 is 30.6 Å². The first kappa shape index (κ1) is 24.6. The number of nitrogens with one attached hydrogen (secondary N) is 2. The number of nitrogens with two attached hydrogens (primary N) is 1. The van der Waals surface area contributed by atoms with Crippen molar-refractivity contribution in [3.8, 4) is 5.75 Å². The largest absolute Gasteiger partial charge is 0.454 e. The summed E-state index contributed by atoms with van der Waals surface area (Å²) in [5.74, 6) is 0.297. The van der Waals surface area contributed by atoms with E-state index in [0.29, 0.717) is 23.8 Å². The second kappa shape index (κ2) is 12.2. The predicted molar refractivity (Wildman–Crippen MR) is 113 cm³/mol. The standard InChI is InChI=1S/C18H22F2N4O4.HI/c1-2-22-18(23-9-13-7-8-15(27-13)16(21)26)24-10-14(25)11-3-5-12(6-4-11)28-17(19)20;/h3-8,14,17,25H,2,9-10H2,1H3,(H2,21,26)(H2,22,23,24);1H. The molecular weight excluding hydrogens is 501 g/mol. The molecule has 8 nitrogen and oxygen atoms in total. The Bertz CT molecular complexity index is 799. The molecule has 2 rings (SSSR count). The molecule has 0 radical (unpaired) electrons. The second-order valence-electron chi connectivity index (χ2n) is 5.67. The number of furan rings is 1. The van der Waals surface area contributed by atoms with Crippen LogP contribution in [0.2, 0.25) is 0 Å². The number of rotatable bonds is 9. The van der Waals surface area contributed by atoms with Gasteiger partial charge in [-0.3, -0.25) is 4.79 Å². The Morgan fingerprint density at radius 1 is 1.24 bits per heavy atom. The summed E-state index contributed by atoms with van der Waals surface area (Å²) in [6, 6.07) is 8.79. The van der Waals surface area contributed by atoms with E-state index in [4.69, 9.17) is 10.2 Å². The molecule has 0 saturated carbocycles. The second-order valence-corrected chi connectivity index (χ2v) is 5.67. The van der Waals surface area contributed by atoms with Crippen LogP contribution in [0.15, 0.2) is 45.8 Å². The van der Waals surface area contributed by atoms with Crippen molar-refractivity contribution in [3.05, 3.63) is 53.5 Å². The van der Waals surface area contributed by atoms with Gasteiger partial charge in [0, 0.05) is 13.1 Å². The van der Waals surface area contributed by atoms with Gasteiger partial charge >= 0.3 is 6.61 Å². The van der Waals surface area contributed by atoms with Crippen LogP contribution in [0.25, 0.3) is 0 Å². The number of halogens is 3. The fraction of sp³-hybridized carbons (Fsp3) is 0.333. The summed E-state index contributed by atoms with van der Waals surface area (Å²) in [6.07, 6.45) is -0.894. The maximum absolute atomic E-state index is 12.2. The van der Waals surface area contributed by atoms with Crippen molar-refractivity contribution in [2.75, 3.05) is 13.1 Å². The van der Waals surface area contributed by atoms with Gasteiger partial charge in [0.15, 0.2) is 11.7 Å². The van der Waals surface area contributed by atoms with Crippen molar-refractivity contribution >= 4 is 35.8 Å². The third-order valence-corrected chi connectivity index (χ3v) is 3.59. The summed E-state index contributed by atoms with van der Waals surface area (Å²) in [5.41, 5.74) is 5.66. The SMILES string of the molecule is CCNC(=NCc1ccc(C(N)=O)o1)NCC(O)c1ccc(OC(F)F)cc1.I. The maximum atomic E-state index is 12.2. The molecular formula is C18H23F2IN4O4. The fourth-order valence-electron chi connectivity index (χ4n) is 2.28. The molecule has 0 bridgehead atoms. The van der Waals surface area contributed by atoms with E-state index in [1.165, 1.54) is 30.3 Å². The summed E-state index contributed by atoms with van der Waals surface area (Å²) in [4.78, 5) is 15.3. The van der Waals surface area contributed by atoms with Crippen LogP contribution in [0.5, 0.6) is 5.75 Å². The molecule has 0 saturated heterocycles. The molecule has 0 aliphatic heterocycles. The highest BCUT2D eigenvalue weighted by atomic mass is 127. The lowest BCUT2D eigenvalue weighted by atomic mass is 10.1. The number of benzene rings is 1. The van der Waals surface area contributed by atoms with Gasteiger partial charge in [0.1, 0.15) is 18.1 Å². The number of aliphatic hydroxyl groups is 1. The highest BCUT2D eigenvalue weighted by molar-refractivity contribution is 14.0. The molecule has 1 unspecified atom stereocenters. The molecule has 0 spiro atoms. The van der Waals surface area contributed by atoms with E-state index in [9.17, 15) is 18.7 Å². The van der Waals surface area contributed by atoms with Gasteiger partial charge in [-0.05, 0) is 36.8 Å². The summed E-state index contributed by atoms with van der Waals surface area (Å²) in [7, 11) is 0. The molecule has 5 N–H and O–H groups in total. The third-order valence-electron chi connectivity index (χ3n) is 3.59. The lowest BCUT2D eigenvalue weighted by Gasteiger charge is -2.16. The Morgan fingerprint density at radius 2 is 1.93 bits per heavy atom. The van der Waals surface area contributed by atoms with Crippen molar-refractivity contribution in [3.63, 3.8) is 0 Å². The molecule has 0 aliphatic rings. The number of carbonyl (C=O) groups is 1. The molecule has 1 heterocycles. The highest BCUT2D eigenvalue weighted by Crippen LogP contribution is 2.19. The topological polar surface area (TPSA) is 122 Å². The number of carbonyl (C=O) groups excluding carboxylic acids is 1. The van der Waals surface area contributed by atoms with Crippen LogP contribution in [0.4, 0.5) is 8.78 Å². The number of hydrogen-bond acceptors (Lipinski definition) is 5. The normalized spacial score (nSPS) is 12.2. The zero-order valence-corrected chi connectivity index (χ0v) is 17.9. The van der Waals surface area contributed by atoms with E-state index < -0.39 is 18.6 Å². The number of primary amides is 1. The van der Waals surface area contributed by atoms with Gasteiger partial charge in [-0.15, -0.1) is 24.0 Å². The average Bonchev–Trinajstić information content (AvgIpc) is 3.13. The molecule has 1 atom stereocenters. The molecule has 11 heteroatoms. The van der Waals surface area contributed by atoms with E-state index >= 15 is 0 Å². The Morgan fingerprint density at radius 3 is 2.48 bits per heavy atom. The summed E-state index contributed by atoms with van der Waals surface area (Å²) < 4.78 is 33.9. The smallest absolute Gasteiger partial charge is 0.387 e. The van der Waals surface area contributed by atoms with Gasteiger partial charge in [-0.25, -0.2) is 4.99 Å². The maximum Gasteiger partial charge on any atom is 0.387 e. The van der Waals surface area contributed by atoms with Crippen molar-refractivity contribution in [1.82, 2.24) is 10.6 Å². The van der Waals surface area contributed by atoms with E-state index in [1.54, 1.807) is 6.07 Å². The monoisotopic (exact) mass is 524 g/mol. The average molecular weight is 524 g/mol. The first-order chi connectivity index (χ1) is 13.4. The zero-order chi connectivity index (χ0) is 20.5. The summed E-state index contributed by atoms with van der Waals surface area (Å²) >= 11 is 0. The number of aliphatic hydroxyl groups excluding tert-OH is 1. The predicted octanol–water partition coefficient (Wildman–Crippen LogP) is 2.39. The lowest BCUT2D eigenvalue weighted by molar-refractivity contribution is -0.0498. The molecule has 2 aromatic rings. The lowest BCUT2D eigenvalue weighted by Crippen LogP contribution is -2.39. The minimum absolute atomic E-state index is 0. The Balaban J connectivity index is 0.00000420. The van der Waals surface area contributed by atoms with Crippen LogP contribution >= 0.6 is 24.0 Å². The minimum atomic E-state index is -2.90. The number of alkyl halides is 2. The van der Waals surface area contributed by atoms with Crippen LogP contribution < -0.4 is 21.1 Å². The number of amides is 1. The van der Waals surface area contributed by atoms with Crippen LogP contribution in [-0.4, -0.2) is 36.7 Å². The quantitative estimate of drug-likeness (QED) is 0.227. The Labute approximate surface area is 183 Å². The first-order valence-corrected chi connectivity index (χ1v) is 8.52. The van der Waals surface area contributed by atoms with Crippen LogP contribution in [0.3, 0.4) is 0 Å². The van der Waals surface area contributed by atoms with Crippen molar-refractivity contribution in [1.29, 1.82) is 0 Å². The summed E-state index contributed by atoms with van der Waals surface area (Å²) in [6.45, 7) is -0.131. The van der Waals surface area contributed by atoms with Crippen LogP contribution in [0.1, 0.15) is 34.9 Å². The van der Waals surface area contributed by atoms with Gasteiger partial charge in [0.2, 0.25) is 0 Å². The van der Waals surface area contributed by atoms with E-state index in [-0.39, 0.29) is 48.6 Å². The third kappa shape index (κ3) is 8.23. The molecule has 1 aromatic heterocycles. The zero-order valence-electron chi connectivity index (χ0n) is 15.6. The molecule has 1 amide bonds. The number of nitrogens with zero attached hydrogens (tertiary/aromatic N) is 1. The Hall–Kier alpha value is -2.41. The van der Waals surface area contributed by atoms with E-state index in [1.807, 2.05) is 6.92 Å². The molecule has 0 aliphatic carbocycles. The van der Waals surface area contributed by atoms with Gasteiger partial charge in [0.05, 0.1) is 6.10 Å². The van der Waals surface area contributed by atoms with Crippen LogP contribution in [0, 0.1) is 0 Å². The van der Waals surface area contributed by atoms with Gasteiger partial charge in [-0.2, -0.15) is 8.78 Å². The van der Waals surface area contributed by atoms with Crippen molar-refractivity contribution in [2.24, 2.45) is 10.7 Å². The van der Waals surface area contributed by atoms with Crippen LogP contribution in [-0.2, 0) is 6.54 Å². The molecule has 160 valence electrons. The van der Waals surface area contributed by atoms with Crippen molar-refractivity contribution < 1.29 is 27.8 Å². The fourth-order valence-corrected chi connectivity index (χ4v) is 2.28. The highest BCUT2D eigenvalue weighted by Gasteiger charge is 2.11. The summed E-state index contributed by atoms with van der Waals surface area (Å²) in [5, 5.41) is 16.2. The number of ether oxygens (including phenoxy) is 1. The number of aliphatic imine (C=N–C) groups is 1. The van der Waals surface area contributed by atoms with Gasteiger partial charge in [0.25, 0.3) is 5.91 Å². The first-order valence-electron chi connectivity index (χ1n) is 8.52. The molecule has 0 fully saturated rings. The Kier molecular flexibility index (Phi) is 10.4. The number of hydrogen-bond donors (Lipinski definition) is 4. The van der Waals surface area contributed by atoms with E-state index in [0.717, 1.165) is 0 Å².